The first-order valence-corrected chi connectivity index (χ1v) is 36.3. The van der Waals surface area contributed by atoms with Crippen LogP contribution in [0.5, 0.6) is 0 Å². The molecule has 21 heteroatoms. The summed E-state index contributed by atoms with van der Waals surface area (Å²) >= 11 is 14.0. The second kappa shape index (κ2) is 22.0. The van der Waals surface area contributed by atoms with Crippen LogP contribution in [-0.2, 0) is 37.0 Å². The molecule has 4 bridgehead atoms. The normalized spacial score (nSPS) is 21.4. The number of piperidine rings is 2. The number of halogens is 2. The third-order valence-electron chi connectivity index (χ3n) is 16.9. The lowest BCUT2D eigenvalue weighted by molar-refractivity contribution is 0.0898. The van der Waals surface area contributed by atoms with E-state index in [2.05, 4.69) is 93.6 Å². The molecule has 6 aromatic heterocycles. The van der Waals surface area contributed by atoms with Crippen LogP contribution in [0.25, 0.3) is 66.4 Å². The number of nitrogens with zero attached hydrogens (tertiary/aromatic N) is 13. The number of carbonyl (C=O) groups excluding carboxylic acids is 1. The maximum absolute atomic E-state index is 11.8. The second-order valence-electron chi connectivity index (χ2n) is 25.3. The second-order valence-corrected chi connectivity index (χ2v) is 37.3. The van der Waals surface area contributed by atoms with Gasteiger partial charge >= 0.3 is 0 Å². The molecule has 4 fully saturated rings. The van der Waals surface area contributed by atoms with Gasteiger partial charge in [0.2, 0.25) is 0 Å². The number of aldehydes is 1. The Morgan fingerprint density at radius 3 is 1.43 bits per heavy atom. The summed E-state index contributed by atoms with van der Waals surface area (Å²) in [5.74, 6) is 3.42. The summed E-state index contributed by atoms with van der Waals surface area (Å²) in [6.07, 6.45) is 19.9. The number of oxime groups is 1. The Morgan fingerprint density at radius 1 is 0.633 bits per heavy atom. The molecule has 10 heterocycles. The molecule has 0 radical (unpaired) electrons. The Bertz CT molecular complexity index is 3590. The average Bonchev–Trinajstić information content (AvgIpc) is 4.44. The molecular weight excluding hydrogens is 1070 g/mol. The summed E-state index contributed by atoms with van der Waals surface area (Å²) in [5.41, 5.74) is 9.08. The molecule has 8 aromatic rings. The maximum atomic E-state index is 11.8. The van der Waals surface area contributed by atoms with Crippen LogP contribution in [-0.4, -0.2) is 120 Å². The van der Waals surface area contributed by atoms with Crippen molar-refractivity contribution in [1.82, 2.24) is 48.6 Å². The Labute approximate surface area is 474 Å². The first kappa shape index (κ1) is 55.2. The first-order chi connectivity index (χ1) is 37.8. The van der Waals surface area contributed by atoms with Gasteiger partial charge in [0, 0.05) is 113 Å². The minimum Gasteiger partial charge on any atom is -0.411 e. The van der Waals surface area contributed by atoms with Gasteiger partial charge in [-0.25, -0.2) is 19.9 Å². The van der Waals surface area contributed by atoms with E-state index >= 15 is 0 Å². The van der Waals surface area contributed by atoms with Crippen LogP contribution in [0.3, 0.4) is 0 Å². The highest BCUT2D eigenvalue weighted by atomic mass is 35.5. The molecule has 0 spiro atoms. The molecule has 0 saturated carbocycles. The fourth-order valence-corrected chi connectivity index (χ4v) is 15.2. The van der Waals surface area contributed by atoms with Crippen LogP contribution in [0.4, 0.5) is 11.6 Å². The van der Waals surface area contributed by atoms with Crippen molar-refractivity contribution in [3.8, 4) is 22.3 Å². The minimum absolute atomic E-state index is 0.398. The number of hydrogen-bond donors (Lipinski definition) is 1. The standard InChI is InChI=1S/C29H38ClN7O2Si.C29H37ClN6O2Si/c1-18-12-19-6-7-20(13-18)37(19)25-15-31-28-22(16-36(29(28)33-25)17-39-10-11-40(3,4)5)21-8-9-23-26(27(21)30)24(14-32-38)35(2)34-23;1-18-12-19-6-7-20(13-18)36(19)25-14-31-28-22(15-35(29(28)32-25)17-38-10-11-39(3,4)5)21-8-9-23-26(27(21)30)24(16-37)34(2)33-23/h8-9,14-16,18-20,38H,6-7,10-13,17H2,1-5H3;8-9,14-16,18-20H,6-7,10-13,17H2,1-5H3/b32-14+;/t2*18?,19-,20+. The zero-order valence-corrected chi connectivity index (χ0v) is 50.9. The number of fused-ring (bicyclic) bond motifs is 8. The van der Waals surface area contributed by atoms with Crippen molar-refractivity contribution >= 4 is 108 Å². The Morgan fingerprint density at radius 2 is 1.04 bits per heavy atom. The molecule has 0 amide bonds. The highest BCUT2D eigenvalue weighted by Gasteiger charge is 2.42. The molecule has 0 aliphatic carbocycles. The van der Waals surface area contributed by atoms with E-state index in [0.29, 0.717) is 70.0 Å². The third kappa shape index (κ3) is 10.9. The van der Waals surface area contributed by atoms with E-state index in [1.165, 1.54) is 57.6 Å². The summed E-state index contributed by atoms with van der Waals surface area (Å²) in [7, 11) is 1.14. The Hall–Kier alpha value is -5.71. The summed E-state index contributed by atoms with van der Waals surface area (Å²) in [6, 6.07) is 12.1. The molecule has 418 valence electrons. The van der Waals surface area contributed by atoms with Crippen molar-refractivity contribution in [2.24, 2.45) is 31.1 Å². The fraction of sp³-hybridized carbons (Fsp3) is 0.517. The van der Waals surface area contributed by atoms with Gasteiger partial charge < -0.3 is 33.6 Å². The number of rotatable bonds is 16. The minimum atomic E-state index is -1.21. The molecule has 1 N–H and O–H groups in total. The highest BCUT2D eigenvalue weighted by Crippen LogP contribution is 2.45. The third-order valence-corrected chi connectivity index (χ3v) is 21.1. The predicted octanol–water partition coefficient (Wildman–Crippen LogP) is 13.1. The Kier molecular flexibility index (Phi) is 15.4. The highest BCUT2D eigenvalue weighted by molar-refractivity contribution is 6.76. The van der Waals surface area contributed by atoms with Gasteiger partial charge in [0.25, 0.3) is 0 Å². The zero-order valence-electron chi connectivity index (χ0n) is 47.4. The van der Waals surface area contributed by atoms with Crippen molar-refractivity contribution in [3.63, 3.8) is 0 Å². The topological polar surface area (TPSA) is 172 Å². The van der Waals surface area contributed by atoms with Crippen LogP contribution in [0, 0.1) is 11.8 Å². The lowest BCUT2D eigenvalue weighted by Gasteiger charge is -2.38. The number of ether oxygens (including phenoxy) is 2. The molecule has 4 aliphatic heterocycles. The van der Waals surface area contributed by atoms with E-state index in [-0.39, 0.29) is 0 Å². The quantitative estimate of drug-likeness (QED) is 0.0243. The molecule has 79 heavy (non-hydrogen) atoms. The van der Waals surface area contributed by atoms with E-state index < -0.39 is 16.1 Å². The van der Waals surface area contributed by atoms with Crippen molar-refractivity contribution in [2.75, 3.05) is 23.0 Å². The fourth-order valence-electron chi connectivity index (χ4n) is 12.9. The van der Waals surface area contributed by atoms with E-state index in [0.717, 1.165) is 111 Å². The molecule has 4 aliphatic rings. The van der Waals surface area contributed by atoms with Crippen LogP contribution >= 0.6 is 23.2 Å². The largest absolute Gasteiger partial charge is 0.411 e. The molecule has 4 saturated heterocycles. The lowest BCUT2D eigenvalue weighted by Crippen LogP contribution is -2.43. The van der Waals surface area contributed by atoms with Gasteiger partial charge in [0.15, 0.2) is 17.6 Å². The molecule has 12 rings (SSSR count). The molecule has 2 aromatic carbocycles. The summed E-state index contributed by atoms with van der Waals surface area (Å²) in [4.78, 5) is 37.3. The van der Waals surface area contributed by atoms with Gasteiger partial charge in [-0.3, -0.25) is 14.2 Å². The lowest BCUT2D eigenvalue weighted by atomic mass is 9.92. The van der Waals surface area contributed by atoms with Gasteiger partial charge in [0.05, 0.1) is 45.4 Å². The van der Waals surface area contributed by atoms with Crippen molar-refractivity contribution in [1.29, 1.82) is 0 Å². The average molecular weight is 1150 g/mol. The van der Waals surface area contributed by atoms with E-state index in [4.69, 9.17) is 52.6 Å². The van der Waals surface area contributed by atoms with E-state index in [1.807, 2.05) is 42.9 Å². The van der Waals surface area contributed by atoms with Crippen LogP contribution in [0.2, 0.25) is 61.4 Å². The molecule has 17 nitrogen and oxygen atoms in total. The number of aromatic nitrogens is 10. The first-order valence-electron chi connectivity index (χ1n) is 28.2. The van der Waals surface area contributed by atoms with Gasteiger partial charge in [-0.05, 0) is 87.4 Å². The van der Waals surface area contributed by atoms with Crippen molar-refractivity contribution < 1.29 is 19.5 Å². The molecule has 6 atom stereocenters. The number of carbonyl (C=O) groups is 1. The number of aryl methyl sites for hydroxylation is 2. The molecular formula is C58H75Cl2N13O4Si2. The van der Waals surface area contributed by atoms with Crippen molar-refractivity contribution in [3.05, 3.63) is 70.5 Å². The SMILES string of the molecule is CC1C[C@H]2CC[C@@H](C1)N2c1cnc2c(-c3ccc4nn(C)c(/C=N/O)c4c3Cl)cn(COCC[Si](C)(C)C)c2n1.CC1C[C@H]2CC[C@@H](C1)N2c1cnc2c(-c3ccc4nn(C)c(C=O)c4c3Cl)cn(COCC[Si](C)(C)C)c2n1. The molecule has 2 unspecified atom stereocenters. The maximum Gasteiger partial charge on any atom is 0.168 e. The predicted molar refractivity (Wildman–Crippen MR) is 323 cm³/mol. The number of benzene rings is 2. The van der Waals surface area contributed by atoms with Gasteiger partial charge in [0.1, 0.15) is 41.8 Å². The number of hydrogen-bond acceptors (Lipinski definition) is 13. The van der Waals surface area contributed by atoms with Crippen LogP contribution in [0.1, 0.15) is 81.4 Å². The van der Waals surface area contributed by atoms with Gasteiger partial charge in [-0.1, -0.05) is 93.6 Å². The van der Waals surface area contributed by atoms with E-state index in [1.54, 1.807) is 23.5 Å². The van der Waals surface area contributed by atoms with Gasteiger partial charge in [-0.15, -0.1) is 0 Å². The number of anilines is 2. The van der Waals surface area contributed by atoms with Crippen molar-refractivity contribution in [2.45, 2.75) is 154 Å². The summed E-state index contributed by atoms with van der Waals surface area (Å²) in [6.45, 7) is 21.1. The summed E-state index contributed by atoms with van der Waals surface area (Å²) in [5, 5.41) is 23.9. The summed E-state index contributed by atoms with van der Waals surface area (Å²) < 4.78 is 19.7. The van der Waals surface area contributed by atoms with E-state index in [9.17, 15) is 10.0 Å². The van der Waals surface area contributed by atoms with Crippen LogP contribution in [0.15, 0.2) is 54.2 Å². The monoisotopic (exact) mass is 1140 g/mol. The smallest absolute Gasteiger partial charge is 0.168 e. The zero-order chi connectivity index (χ0) is 55.7. The van der Waals surface area contributed by atoms with Crippen LogP contribution < -0.4 is 9.80 Å². The Balaban J connectivity index is 0.000000167. The van der Waals surface area contributed by atoms with Gasteiger partial charge in [-0.2, -0.15) is 10.2 Å².